The van der Waals surface area contributed by atoms with Gasteiger partial charge in [0.25, 0.3) is 0 Å². The SMILES string of the molecule is CCO[Si](OCC)(c1ccc2c(-c3ccccc3)ccccc1-2)c1ccc2c(-c3ccccc3)ccccc1-2. The van der Waals surface area contributed by atoms with Crippen molar-refractivity contribution >= 4 is 18.9 Å². The van der Waals surface area contributed by atoms with Crippen molar-refractivity contribution in [2.75, 3.05) is 13.2 Å². The fourth-order valence-electron chi connectivity index (χ4n) is 5.82. The quantitative estimate of drug-likeness (QED) is 0.189. The van der Waals surface area contributed by atoms with Crippen molar-refractivity contribution in [3.8, 4) is 44.5 Å². The molecule has 0 atom stereocenters. The van der Waals surface area contributed by atoms with Crippen LogP contribution in [0.25, 0.3) is 44.5 Å². The first-order chi connectivity index (χ1) is 19.3. The molecule has 0 amide bonds. The number of hydrogen-bond donors (Lipinski definition) is 0. The van der Waals surface area contributed by atoms with Crippen LogP contribution in [0.1, 0.15) is 13.8 Å². The van der Waals surface area contributed by atoms with Crippen LogP contribution in [-0.4, -0.2) is 21.8 Å². The van der Waals surface area contributed by atoms with Crippen LogP contribution in [0.4, 0.5) is 0 Å². The summed E-state index contributed by atoms with van der Waals surface area (Å²) < 4.78 is 13.7. The molecule has 2 aromatic rings. The zero-order valence-electron chi connectivity index (χ0n) is 22.4. The van der Waals surface area contributed by atoms with E-state index < -0.39 is 8.56 Å². The van der Waals surface area contributed by atoms with E-state index in [4.69, 9.17) is 8.85 Å². The topological polar surface area (TPSA) is 18.5 Å². The van der Waals surface area contributed by atoms with Gasteiger partial charge in [0.2, 0.25) is 0 Å². The minimum atomic E-state index is -3.09. The van der Waals surface area contributed by atoms with Crippen LogP contribution in [0.2, 0.25) is 0 Å². The Morgan fingerprint density at radius 2 is 0.744 bits per heavy atom. The Morgan fingerprint density at radius 1 is 0.385 bits per heavy atom. The van der Waals surface area contributed by atoms with Gasteiger partial charge < -0.3 is 8.85 Å². The average Bonchev–Trinajstić information content (AvgIpc) is 3.45. The maximum atomic E-state index is 6.84. The third-order valence-electron chi connectivity index (χ3n) is 7.42. The van der Waals surface area contributed by atoms with Crippen molar-refractivity contribution in [3.63, 3.8) is 0 Å². The van der Waals surface area contributed by atoms with E-state index >= 15 is 0 Å². The van der Waals surface area contributed by atoms with Gasteiger partial charge in [0.1, 0.15) is 0 Å². The lowest BCUT2D eigenvalue weighted by Crippen LogP contribution is -2.63. The summed E-state index contributed by atoms with van der Waals surface area (Å²) in [5, 5.41) is 2.32. The molecule has 4 aliphatic rings. The molecule has 0 aromatic heterocycles. The number of hydrogen-bond acceptors (Lipinski definition) is 2. The van der Waals surface area contributed by atoms with Gasteiger partial charge in [-0.05, 0) is 58.4 Å². The molecule has 0 fully saturated rings. The molecule has 0 saturated heterocycles. The lowest BCUT2D eigenvalue weighted by Gasteiger charge is -2.31. The molecule has 192 valence electrons. The third kappa shape index (κ3) is 4.49. The molecule has 4 aliphatic carbocycles. The fraction of sp³-hybridized carbons (Fsp3) is 0.111. The maximum Gasteiger partial charge on any atom is 0.408 e. The zero-order chi connectivity index (χ0) is 26.7. The van der Waals surface area contributed by atoms with E-state index in [0.29, 0.717) is 13.2 Å². The highest BCUT2D eigenvalue weighted by molar-refractivity contribution is 6.94. The lowest BCUT2D eigenvalue weighted by atomic mass is 10.0. The van der Waals surface area contributed by atoms with E-state index in [1.165, 1.54) is 44.5 Å². The van der Waals surface area contributed by atoms with E-state index in [0.717, 1.165) is 10.4 Å². The van der Waals surface area contributed by atoms with Gasteiger partial charge in [-0.3, -0.25) is 0 Å². The summed E-state index contributed by atoms with van der Waals surface area (Å²) in [7, 11) is -3.09. The summed E-state index contributed by atoms with van der Waals surface area (Å²) >= 11 is 0. The number of fused-ring (bicyclic) bond motifs is 2. The highest BCUT2D eigenvalue weighted by Crippen LogP contribution is 2.37. The molecule has 0 radical (unpaired) electrons. The smallest absolute Gasteiger partial charge is 0.388 e. The Morgan fingerprint density at radius 3 is 1.13 bits per heavy atom. The molecular weight excluding hydrogens is 492 g/mol. The van der Waals surface area contributed by atoms with Crippen LogP contribution in [0.3, 0.4) is 0 Å². The highest BCUT2D eigenvalue weighted by Gasteiger charge is 2.47. The lowest BCUT2D eigenvalue weighted by molar-refractivity contribution is 0.209. The first-order valence-corrected chi connectivity index (χ1v) is 15.5. The summed E-state index contributed by atoms with van der Waals surface area (Å²) in [6.07, 6.45) is 0. The minimum Gasteiger partial charge on any atom is -0.388 e. The minimum absolute atomic E-state index is 0.570. The van der Waals surface area contributed by atoms with Crippen LogP contribution in [0, 0.1) is 0 Å². The van der Waals surface area contributed by atoms with Crippen LogP contribution in [-0.2, 0) is 8.85 Å². The maximum absolute atomic E-state index is 6.84. The van der Waals surface area contributed by atoms with Crippen LogP contribution in [0.15, 0.2) is 133 Å². The van der Waals surface area contributed by atoms with Crippen molar-refractivity contribution in [1.29, 1.82) is 0 Å². The molecule has 0 spiro atoms. The first kappa shape index (κ1) is 25.3. The van der Waals surface area contributed by atoms with E-state index in [2.05, 4.69) is 147 Å². The van der Waals surface area contributed by atoms with Crippen molar-refractivity contribution in [3.05, 3.63) is 133 Å². The molecule has 0 heterocycles. The first-order valence-electron chi connectivity index (χ1n) is 13.7. The van der Waals surface area contributed by atoms with E-state index in [1.807, 2.05) is 0 Å². The van der Waals surface area contributed by atoms with Crippen LogP contribution >= 0.6 is 0 Å². The Bertz CT molecular complexity index is 1500. The molecule has 0 aliphatic heterocycles. The van der Waals surface area contributed by atoms with Crippen molar-refractivity contribution < 1.29 is 8.85 Å². The van der Waals surface area contributed by atoms with Gasteiger partial charge in [0, 0.05) is 23.6 Å². The van der Waals surface area contributed by atoms with Gasteiger partial charge in [-0.1, -0.05) is 133 Å². The van der Waals surface area contributed by atoms with Gasteiger partial charge in [-0.15, -0.1) is 0 Å². The monoisotopic (exact) mass is 524 g/mol. The summed E-state index contributed by atoms with van der Waals surface area (Å²) in [6.45, 7) is 5.28. The highest BCUT2D eigenvalue weighted by atomic mass is 28.4. The summed E-state index contributed by atoms with van der Waals surface area (Å²) in [5.74, 6) is 0. The number of rotatable bonds is 8. The predicted molar refractivity (Wildman–Crippen MR) is 165 cm³/mol. The Hall–Kier alpha value is -4.02. The average molecular weight is 525 g/mol. The molecule has 6 rings (SSSR count). The number of benzene rings is 2. The van der Waals surface area contributed by atoms with Gasteiger partial charge >= 0.3 is 8.56 Å². The largest absolute Gasteiger partial charge is 0.408 e. The predicted octanol–water partition coefficient (Wildman–Crippen LogP) is 7.86. The molecule has 2 nitrogen and oxygen atoms in total. The normalized spacial score (nSPS) is 11.7. The Balaban J connectivity index is 1.57. The second-order valence-electron chi connectivity index (χ2n) is 9.63. The second-order valence-corrected chi connectivity index (χ2v) is 12.5. The molecule has 0 bridgehead atoms. The van der Waals surface area contributed by atoms with E-state index in [9.17, 15) is 0 Å². The van der Waals surface area contributed by atoms with Crippen molar-refractivity contribution in [1.82, 2.24) is 0 Å². The van der Waals surface area contributed by atoms with Gasteiger partial charge in [0.05, 0.1) is 0 Å². The second kappa shape index (κ2) is 11.0. The summed E-state index contributed by atoms with van der Waals surface area (Å²) in [6, 6.07) is 47.5. The van der Waals surface area contributed by atoms with E-state index in [-0.39, 0.29) is 0 Å². The molecule has 2 aromatic carbocycles. The Labute approximate surface area is 232 Å². The third-order valence-corrected chi connectivity index (χ3v) is 11.1. The van der Waals surface area contributed by atoms with E-state index in [1.54, 1.807) is 0 Å². The molecule has 3 heteroatoms. The molecule has 0 N–H and O–H groups in total. The van der Waals surface area contributed by atoms with Gasteiger partial charge in [0.15, 0.2) is 0 Å². The van der Waals surface area contributed by atoms with Crippen molar-refractivity contribution in [2.24, 2.45) is 0 Å². The zero-order valence-corrected chi connectivity index (χ0v) is 23.4. The standard InChI is InChI=1S/C36H32O2Si/c1-3-37-39(38-4-2,35-25-23-31-29(19-11-13-21-33(31)35)27-15-7-5-8-16-27)36-26-24-32-30(20-12-14-22-34(32)36)28-17-9-6-10-18-28/h5-26H,3-4H2,1-2H3. The van der Waals surface area contributed by atoms with Crippen LogP contribution < -0.4 is 10.4 Å². The van der Waals surface area contributed by atoms with Crippen LogP contribution in [0.5, 0.6) is 0 Å². The Kier molecular flexibility index (Phi) is 7.12. The molecule has 39 heavy (non-hydrogen) atoms. The molecular formula is C36H32O2Si. The van der Waals surface area contributed by atoms with Gasteiger partial charge in [-0.25, -0.2) is 0 Å². The fourth-order valence-corrected chi connectivity index (χ4v) is 9.37. The van der Waals surface area contributed by atoms with Gasteiger partial charge in [-0.2, -0.15) is 0 Å². The molecule has 0 unspecified atom stereocenters. The molecule has 0 saturated carbocycles. The summed E-state index contributed by atoms with van der Waals surface area (Å²) in [4.78, 5) is 0. The summed E-state index contributed by atoms with van der Waals surface area (Å²) in [5.41, 5.74) is 9.62. The van der Waals surface area contributed by atoms with Crippen molar-refractivity contribution in [2.45, 2.75) is 13.8 Å².